The maximum atomic E-state index is 10.9. The first kappa shape index (κ1) is 13.1. The molecule has 0 atom stereocenters. The van der Waals surface area contributed by atoms with Gasteiger partial charge in [-0.05, 0) is 32.0 Å². The van der Waals surface area contributed by atoms with Gasteiger partial charge in [0.1, 0.15) is 5.69 Å². The second-order valence-electron chi connectivity index (χ2n) is 4.56. The lowest BCUT2D eigenvalue weighted by Gasteiger charge is -2.16. The fourth-order valence-electron chi connectivity index (χ4n) is 1.87. The van der Waals surface area contributed by atoms with Gasteiger partial charge in [0.05, 0.1) is 4.92 Å². The number of anilines is 1. The van der Waals surface area contributed by atoms with E-state index in [1.165, 1.54) is 18.9 Å². The van der Waals surface area contributed by atoms with Gasteiger partial charge in [-0.1, -0.05) is 11.6 Å². The highest BCUT2D eigenvalue weighted by molar-refractivity contribution is 6.30. The molecule has 1 aliphatic carbocycles. The SMILES string of the molecule is CN(CCNc1ccc(Cl)cc1[N+](=O)[O-])C1CC1. The third-order valence-electron chi connectivity index (χ3n) is 3.11. The summed E-state index contributed by atoms with van der Waals surface area (Å²) < 4.78 is 0. The molecule has 0 saturated heterocycles. The van der Waals surface area contributed by atoms with Gasteiger partial charge in [-0.15, -0.1) is 0 Å². The number of benzene rings is 1. The maximum absolute atomic E-state index is 10.9. The number of nitrogens with one attached hydrogen (secondary N) is 1. The van der Waals surface area contributed by atoms with E-state index in [0.717, 1.165) is 6.54 Å². The summed E-state index contributed by atoms with van der Waals surface area (Å²) in [5, 5.41) is 14.4. The standard InChI is InChI=1S/C12H16ClN3O2/c1-15(10-3-4-10)7-6-14-11-5-2-9(13)8-12(11)16(17)18/h2,5,8,10,14H,3-4,6-7H2,1H3. The molecule has 1 fully saturated rings. The lowest BCUT2D eigenvalue weighted by atomic mass is 10.2. The predicted molar refractivity (Wildman–Crippen MR) is 72.2 cm³/mol. The van der Waals surface area contributed by atoms with Crippen molar-refractivity contribution in [3.63, 3.8) is 0 Å². The van der Waals surface area contributed by atoms with E-state index in [9.17, 15) is 10.1 Å². The molecule has 1 aromatic rings. The van der Waals surface area contributed by atoms with Crippen LogP contribution in [0.1, 0.15) is 12.8 Å². The van der Waals surface area contributed by atoms with Gasteiger partial charge in [-0.25, -0.2) is 0 Å². The smallest absolute Gasteiger partial charge is 0.293 e. The lowest BCUT2D eigenvalue weighted by Crippen LogP contribution is -2.27. The van der Waals surface area contributed by atoms with Gasteiger partial charge in [0.15, 0.2) is 0 Å². The molecule has 2 rings (SSSR count). The van der Waals surface area contributed by atoms with Crippen molar-refractivity contribution in [1.29, 1.82) is 0 Å². The zero-order valence-electron chi connectivity index (χ0n) is 10.2. The fraction of sp³-hybridized carbons (Fsp3) is 0.500. The minimum absolute atomic E-state index is 0.0246. The Morgan fingerprint density at radius 1 is 1.56 bits per heavy atom. The average molecular weight is 270 g/mol. The molecule has 1 aromatic carbocycles. The van der Waals surface area contributed by atoms with Crippen molar-refractivity contribution in [1.82, 2.24) is 4.90 Å². The average Bonchev–Trinajstić information content (AvgIpc) is 3.14. The van der Waals surface area contributed by atoms with Crippen molar-refractivity contribution in [3.05, 3.63) is 33.3 Å². The Bertz CT molecular complexity index is 449. The van der Waals surface area contributed by atoms with Crippen molar-refractivity contribution in [2.45, 2.75) is 18.9 Å². The number of nitrogens with zero attached hydrogens (tertiary/aromatic N) is 2. The van der Waals surface area contributed by atoms with Crippen LogP contribution < -0.4 is 5.32 Å². The molecule has 0 unspecified atom stereocenters. The molecule has 1 N–H and O–H groups in total. The van der Waals surface area contributed by atoms with E-state index in [2.05, 4.69) is 17.3 Å². The number of nitro benzene ring substituents is 1. The number of rotatable bonds is 6. The quantitative estimate of drug-likeness (QED) is 0.637. The van der Waals surface area contributed by atoms with Crippen molar-refractivity contribution in [2.24, 2.45) is 0 Å². The fourth-order valence-corrected chi connectivity index (χ4v) is 2.04. The van der Waals surface area contributed by atoms with Crippen LogP contribution in [0.2, 0.25) is 5.02 Å². The number of likely N-dealkylation sites (N-methyl/N-ethyl adjacent to an activating group) is 1. The highest BCUT2D eigenvalue weighted by Gasteiger charge is 2.25. The third-order valence-corrected chi connectivity index (χ3v) is 3.34. The predicted octanol–water partition coefficient (Wildman–Crippen LogP) is 2.75. The van der Waals surface area contributed by atoms with E-state index in [-0.39, 0.29) is 5.69 Å². The summed E-state index contributed by atoms with van der Waals surface area (Å²) in [5.74, 6) is 0. The van der Waals surface area contributed by atoms with Crippen molar-refractivity contribution >= 4 is 23.0 Å². The zero-order valence-corrected chi connectivity index (χ0v) is 11.0. The summed E-state index contributed by atoms with van der Waals surface area (Å²) in [6.45, 7) is 1.57. The Labute approximate surface area is 111 Å². The van der Waals surface area contributed by atoms with Gasteiger partial charge in [-0.3, -0.25) is 10.1 Å². The first-order valence-electron chi connectivity index (χ1n) is 5.96. The van der Waals surface area contributed by atoms with Crippen molar-refractivity contribution in [3.8, 4) is 0 Å². The van der Waals surface area contributed by atoms with Crippen LogP contribution in [-0.2, 0) is 0 Å². The number of hydrogen-bond donors (Lipinski definition) is 1. The topological polar surface area (TPSA) is 58.4 Å². The monoisotopic (exact) mass is 269 g/mol. The maximum Gasteiger partial charge on any atom is 0.293 e. The summed E-state index contributed by atoms with van der Waals surface area (Å²) in [5.41, 5.74) is 0.546. The highest BCUT2D eigenvalue weighted by Crippen LogP contribution is 2.28. The first-order valence-corrected chi connectivity index (χ1v) is 6.34. The minimum Gasteiger partial charge on any atom is -0.378 e. The molecule has 5 nitrogen and oxygen atoms in total. The van der Waals surface area contributed by atoms with Crippen LogP contribution in [0.5, 0.6) is 0 Å². The minimum atomic E-state index is -0.418. The van der Waals surface area contributed by atoms with E-state index < -0.39 is 4.92 Å². The first-order chi connectivity index (χ1) is 8.58. The van der Waals surface area contributed by atoms with Crippen LogP contribution >= 0.6 is 11.6 Å². The summed E-state index contributed by atoms with van der Waals surface area (Å²) in [6.07, 6.45) is 2.52. The molecule has 0 aromatic heterocycles. The Balaban J connectivity index is 1.93. The normalized spacial score (nSPS) is 14.8. The Morgan fingerprint density at radius 2 is 2.28 bits per heavy atom. The third kappa shape index (κ3) is 3.34. The van der Waals surface area contributed by atoms with Crippen LogP contribution in [-0.4, -0.2) is 36.0 Å². The second kappa shape index (κ2) is 5.54. The number of halogens is 1. The van der Waals surface area contributed by atoms with Gasteiger partial charge < -0.3 is 10.2 Å². The van der Waals surface area contributed by atoms with Crippen LogP contribution in [0.4, 0.5) is 11.4 Å². The molecular weight excluding hydrogens is 254 g/mol. The summed E-state index contributed by atoms with van der Waals surface area (Å²) in [6, 6.07) is 5.38. The van der Waals surface area contributed by atoms with E-state index in [4.69, 9.17) is 11.6 Å². The molecule has 0 heterocycles. The van der Waals surface area contributed by atoms with Crippen LogP contribution in [0.25, 0.3) is 0 Å². The molecule has 98 valence electrons. The van der Waals surface area contributed by atoms with E-state index >= 15 is 0 Å². The van der Waals surface area contributed by atoms with Gasteiger partial charge in [-0.2, -0.15) is 0 Å². The molecule has 0 amide bonds. The molecule has 1 aliphatic rings. The summed E-state index contributed by atoms with van der Waals surface area (Å²) >= 11 is 5.75. The number of nitro groups is 1. The molecule has 18 heavy (non-hydrogen) atoms. The summed E-state index contributed by atoms with van der Waals surface area (Å²) in [4.78, 5) is 12.7. The van der Waals surface area contributed by atoms with Crippen molar-refractivity contribution < 1.29 is 4.92 Å². The van der Waals surface area contributed by atoms with Crippen molar-refractivity contribution in [2.75, 3.05) is 25.5 Å². The van der Waals surface area contributed by atoms with E-state index in [0.29, 0.717) is 23.3 Å². The molecule has 6 heteroatoms. The molecule has 1 saturated carbocycles. The van der Waals surface area contributed by atoms with Gasteiger partial charge in [0, 0.05) is 30.2 Å². The Morgan fingerprint density at radius 3 is 2.89 bits per heavy atom. The molecule has 0 aliphatic heterocycles. The zero-order chi connectivity index (χ0) is 13.1. The van der Waals surface area contributed by atoms with E-state index in [1.54, 1.807) is 12.1 Å². The second-order valence-corrected chi connectivity index (χ2v) is 4.99. The molecule has 0 radical (unpaired) electrons. The molecule has 0 bridgehead atoms. The van der Waals surface area contributed by atoms with Gasteiger partial charge in [0.2, 0.25) is 0 Å². The largest absolute Gasteiger partial charge is 0.378 e. The lowest BCUT2D eigenvalue weighted by molar-refractivity contribution is -0.383. The van der Waals surface area contributed by atoms with Gasteiger partial charge >= 0.3 is 0 Å². The van der Waals surface area contributed by atoms with Crippen LogP contribution in [0, 0.1) is 10.1 Å². The number of hydrogen-bond acceptors (Lipinski definition) is 4. The van der Waals surface area contributed by atoms with Gasteiger partial charge in [0.25, 0.3) is 5.69 Å². The highest BCUT2D eigenvalue weighted by atomic mass is 35.5. The van der Waals surface area contributed by atoms with Crippen LogP contribution in [0.3, 0.4) is 0 Å². The van der Waals surface area contributed by atoms with E-state index in [1.807, 2.05) is 0 Å². The summed E-state index contributed by atoms with van der Waals surface area (Å²) in [7, 11) is 2.08. The Kier molecular flexibility index (Phi) is 4.04. The molecular formula is C12H16ClN3O2. The molecule has 0 spiro atoms. The Hall–Kier alpha value is -1.33. The van der Waals surface area contributed by atoms with Crippen LogP contribution in [0.15, 0.2) is 18.2 Å².